The highest BCUT2D eigenvalue weighted by Crippen LogP contribution is 2.27. The Morgan fingerprint density at radius 1 is 0.955 bits per heavy atom. The molecule has 0 fully saturated rings. The molecule has 2 aromatic carbocycles. The number of ether oxygens (including phenoxy) is 1. The molecule has 0 atom stereocenters. The summed E-state index contributed by atoms with van der Waals surface area (Å²) in [7, 11) is 1.63. The summed E-state index contributed by atoms with van der Waals surface area (Å²) in [5.74, 6) is 1.47. The van der Waals surface area contributed by atoms with Gasteiger partial charge in [0.1, 0.15) is 11.4 Å². The van der Waals surface area contributed by atoms with Gasteiger partial charge in [-0.1, -0.05) is 30.3 Å². The molecule has 3 aromatic rings. The van der Waals surface area contributed by atoms with Crippen molar-refractivity contribution in [3.8, 4) is 17.0 Å². The average molecular weight is 293 g/mol. The van der Waals surface area contributed by atoms with Gasteiger partial charge in [0.15, 0.2) is 5.82 Å². The van der Waals surface area contributed by atoms with Gasteiger partial charge in [-0.25, -0.2) is 0 Å². The van der Waals surface area contributed by atoms with Crippen LogP contribution in [0.1, 0.15) is 0 Å². The first-order chi connectivity index (χ1) is 10.8. The fourth-order valence-corrected chi connectivity index (χ4v) is 2.03. The topological polar surface area (TPSA) is 86.0 Å². The summed E-state index contributed by atoms with van der Waals surface area (Å²) in [5.41, 5.74) is 8.08. The van der Waals surface area contributed by atoms with Gasteiger partial charge in [-0.3, -0.25) is 0 Å². The zero-order valence-corrected chi connectivity index (χ0v) is 12.0. The lowest BCUT2D eigenvalue weighted by Crippen LogP contribution is -2.05. The smallest absolute Gasteiger partial charge is 0.242 e. The SMILES string of the molecule is COc1ccc(Nc2nc(N)nnc2-c2ccccc2)cc1. The highest BCUT2D eigenvalue weighted by atomic mass is 16.5. The minimum Gasteiger partial charge on any atom is -0.497 e. The molecule has 0 saturated heterocycles. The van der Waals surface area contributed by atoms with Crippen LogP contribution in [0.4, 0.5) is 17.5 Å². The van der Waals surface area contributed by atoms with E-state index in [1.165, 1.54) is 0 Å². The van der Waals surface area contributed by atoms with Gasteiger partial charge in [0.2, 0.25) is 5.95 Å². The van der Waals surface area contributed by atoms with Crippen molar-refractivity contribution in [3.05, 3.63) is 54.6 Å². The molecule has 0 amide bonds. The Morgan fingerprint density at radius 2 is 1.68 bits per heavy atom. The van der Waals surface area contributed by atoms with Crippen LogP contribution in [0.3, 0.4) is 0 Å². The number of benzene rings is 2. The number of nitrogens with two attached hydrogens (primary N) is 1. The van der Waals surface area contributed by atoms with Crippen LogP contribution in [0.2, 0.25) is 0 Å². The van der Waals surface area contributed by atoms with E-state index in [9.17, 15) is 0 Å². The predicted molar refractivity (Wildman–Crippen MR) is 86.0 cm³/mol. The molecule has 3 N–H and O–H groups in total. The Kier molecular flexibility index (Phi) is 3.82. The molecule has 0 saturated carbocycles. The monoisotopic (exact) mass is 293 g/mol. The highest BCUT2D eigenvalue weighted by Gasteiger charge is 2.10. The molecular formula is C16H15N5O. The van der Waals surface area contributed by atoms with E-state index >= 15 is 0 Å². The third kappa shape index (κ3) is 2.95. The van der Waals surface area contributed by atoms with E-state index in [2.05, 4.69) is 20.5 Å². The number of rotatable bonds is 4. The minimum atomic E-state index is 0.121. The van der Waals surface area contributed by atoms with Crippen molar-refractivity contribution >= 4 is 17.5 Å². The Balaban J connectivity index is 1.96. The quantitative estimate of drug-likeness (QED) is 0.769. The average Bonchev–Trinajstić information content (AvgIpc) is 2.56. The van der Waals surface area contributed by atoms with Gasteiger partial charge < -0.3 is 15.8 Å². The normalized spacial score (nSPS) is 10.2. The lowest BCUT2D eigenvalue weighted by atomic mass is 10.1. The molecular weight excluding hydrogens is 278 g/mol. The Hall–Kier alpha value is -3.15. The number of aromatic nitrogens is 3. The summed E-state index contributed by atoms with van der Waals surface area (Å²) in [4.78, 5) is 4.25. The van der Waals surface area contributed by atoms with Gasteiger partial charge in [0.25, 0.3) is 0 Å². The molecule has 0 unspecified atom stereocenters. The van der Waals surface area contributed by atoms with E-state index in [0.717, 1.165) is 17.0 Å². The van der Waals surface area contributed by atoms with Crippen LogP contribution in [0, 0.1) is 0 Å². The summed E-state index contributed by atoms with van der Waals surface area (Å²) in [6, 6.07) is 17.2. The number of hydrogen-bond acceptors (Lipinski definition) is 6. The maximum atomic E-state index is 5.66. The van der Waals surface area contributed by atoms with Gasteiger partial charge in [0.05, 0.1) is 7.11 Å². The highest BCUT2D eigenvalue weighted by molar-refractivity contribution is 5.75. The van der Waals surface area contributed by atoms with Crippen LogP contribution in [0.25, 0.3) is 11.3 Å². The van der Waals surface area contributed by atoms with Crippen LogP contribution in [0.15, 0.2) is 54.6 Å². The van der Waals surface area contributed by atoms with Crippen molar-refractivity contribution < 1.29 is 4.74 Å². The first kappa shape index (κ1) is 13.8. The van der Waals surface area contributed by atoms with E-state index in [4.69, 9.17) is 10.5 Å². The minimum absolute atomic E-state index is 0.121. The fourth-order valence-electron chi connectivity index (χ4n) is 2.03. The van der Waals surface area contributed by atoms with E-state index in [0.29, 0.717) is 11.5 Å². The van der Waals surface area contributed by atoms with Crippen molar-refractivity contribution in [2.75, 3.05) is 18.2 Å². The molecule has 6 nitrogen and oxygen atoms in total. The molecule has 0 aliphatic heterocycles. The van der Waals surface area contributed by atoms with E-state index in [1.54, 1.807) is 7.11 Å². The van der Waals surface area contributed by atoms with Crippen LogP contribution >= 0.6 is 0 Å². The van der Waals surface area contributed by atoms with Gasteiger partial charge in [-0.2, -0.15) is 4.98 Å². The molecule has 6 heteroatoms. The molecule has 0 spiro atoms. The van der Waals surface area contributed by atoms with E-state index in [1.807, 2.05) is 54.6 Å². The largest absolute Gasteiger partial charge is 0.497 e. The number of nitrogens with zero attached hydrogens (tertiary/aromatic N) is 3. The summed E-state index contributed by atoms with van der Waals surface area (Å²) in [5, 5.41) is 11.2. The molecule has 0 radical (unpaired) electrons. The van der Waals surface area contributed by atoms with Crippen LogP contribution in [-0.2, 0) is 0 Å². The lowest BCUT2D eigenvalue weighted by molar-refractivity contribution is 0.415. The summed E-state index contributed by atoms with van der Waals surface area (Å²) < 4.78 is 5.15. The Bertz CT molecular complexity index is 759. The molecule has 1 heterocycles. The van der Waals surface area contributed by atoms with Crippen LogP contribution in [-0.4, -0.2) is 22.3 Å². The summed E-state index contributed by atoms with van der Waals surface area (Å²) in [6.45, 7) is 0. The number of nitrogens with one attached hydrogen (secondary N) is 1. The Morgan fingerprint density at radius 3 is 2.36 bits per heavy atom. The first-order valence-electron chi connectivity index (χ1n) is 6.73. The maximum Gasteiger partial charge on any atom is 0.242 e. The predicted octanol–water partition coefficient (Wildman–Crippen LogP) is 2.87. The number of methoxy groups -OCH3 is 1. The summed E-state index contributed by atoms with van der Waals surface area (Å²) in [6.07, 6.45) is 0. The summed E-state index contributed by atoms with van der Waals surface area (Å²) >= 11 is 0. The second-order valence-electron chi connectivity index (χ2n) is 4.59. The van der Waals surface area contributed by atoms with Crippen molar-refractivity contribution in [1.82, 2.24) is 15.2 Å². The standard InChI is InChI=1S/C16H15N5O/c1-22-13-9-7-12(8-10-13)18-15-14(20-21-16(17)19-15)11-5-3-2-4-6-11/h2-10H,1H3,(H3,17,18,19,21). The van der Waals surface area contributed by atoms with Gasteiger partial charge >= 0.3 is 0 Å². The Labute approximate surface area is 128 Å². The van der Waals surface area contributed by atoms with Gasteiger partial charge in [-0.05, 0) is 24.3 Å². The molecule has 0 aliphatic rings. The van der Waals surface area contributed by atoms with E-state index in [-0.39, 0.29) is 5.95 Å². The molecule has 110 valence electrons. The maximum absolute atomic E-state index is 5.66. The third-order valence-corrected chi connectivity index (χ3v) is 3.10. The van der Waals surface area contributed by atoms with Crippen molar-refractivity contribution in [3.63, 3.8) is 0 Å². The molecule has 1 aromatic heterocycles. The zero-order chi connectivity index (χ0) is 15.4. The number of hydrogen-bond donors (Lipinski definition) is 2. The second-order valence-corrected chi connectivity index (χ2v) is 4.59. The lowest BCUT2D eigenvalue weighted by Gasteiger charge is -2.10. The van der Waals surface area contributed by atoms with Crippen molar-refractivity contribution in [1.29, 1.82) is 0 Å². The van der Waals surface area contributed by atoms with Crippen molar-refractivity contribution in [2.24, 2.45) is 0 Å². The van der Waals surface area contributed by atoms with Crippen molar-refractivity contribution in [2.45, 2.75) is 0 Å². The fraction of sp³-hybridized carbons (Fsp3) is 0.0625. The number of anilines is 3. The zero-order valence-electron chi connectivity index (χ0n) is 12.0. The molecule has 0 bridgehead atoms. The number of nitrogen functional groups attached to an aromatic ring is 1. The molecule has 22 heavy (non-hydrogen) atoms. The van der Waals surface area contributed by atoms with Gasteiger partial charge in [0, 0.05) is 11.3 Å². The molecule has 0 aliphatic carbocycles. The van der Waals surface area contributed by atoms with Crippen LogP contribution in [0.5, 0.6) is 5.75 Å². The molecule has 3 rings (SSSR count). The van der Waals surface area contributed by atoms with E-state index < -0.39 is 0 Å². The van der Waals surface area contributed by atoms with Crippen LogP contribution < -0.4 is 15.8 Å². The first-order valence-corrected chi connectivity index (χ1v) is 6.73. The van der Waals surface area contributed by atoms with Gasteiger partial charge in [-0.15, -0.1) is 10.2 Å². The third-order valence-electron chi connectivity index (χ3n) is 3.10. The second kappa shape index (κ2) is 6.09.